The number of carbonyl (C=O) groups excluding carboxylic acids is 1. The zero-order valence-corrected chi connectivity index (χ0v) is 16.7. The molecule has 0 aliphatic heterocycles. The molecule has 3 heterocycles. The first-order valence-electron chi connectivity index (χ1n) is 9.31. The van der Waals surface area contributed by atoms with Gasteiger partial charge < -0.3 is 20.9 Å². The summed E-state index contributed by atoms with van der Waals surface area (Å²) in [6.45, 7) is 3.92. The van der Waals surface area contributed by atoms with Crippen LogP contribution in [0.1, 0.15) is 32.7 Å². The molecule has 2 atom stereocenters. The quantitative estimate of drug-likeness (QED) is 0.483. The van der Waals surface area contributed by atoms with Crippen LogP contribution in [0, 0.1) is 5.92 Å². The van der Waals surface area contributed by atoms with E-state index in [1.807, 2.05) is 12.3 Å². The molecule has 28 heavy (non-hydrogen) atoms. The van der Waals surface area contributed by atoms with Crippen molar-refractivity contribution in [1.29, 1.82) is 0 Å². The monoisotopic (exact) mass is 402 g/mol. The van der Waals surface area contributed by atoms with Crippen LogP contribution in [0.3, 0.4) is 0 Å². The van der Waals surface area contributed by atoms with Crippen LogP contribution in [0.25, 0.3) is 11.0 Å². The number of aromatic amines is 1. The summed E-state index contributed by atoms with van der Waals surface area (Å²) in [4.78, 5) is 24.1. The molecule has 0 bridgehead atoms. The predicted molar refractivity (Wildman–Crippen MR) is 109 cm³/mol. The highest BCUT2D eigenvalue weighted by molar-refractivity contribution is 6.32. The Hall–Kier alpha value is -2.81. The summed E-state index contributed by atoms with van der Waals surface area (Å²) in [5.41, 5.74) is 1.26. The van der Waals surface area contributed by atoms with Gasteiger partial charge in [0.1, 0.15) is 17.5 Å². The van der Waals surface area contributed by atoms with Crippen LogP contribution in [-0.4, -0.2) is 43.7 Å². The van der Waals surface area contributed by atoms with Gasteiger partial charge in [-0.3, -0.25) is 9.48 Å². The number of nitrogens with zero attached hydrogens (tertiary/aromatic N) is 4. The number of aromatic nitrogens is 5. The lowest BCUT2D eigenvalue weighted by molar-refractivity contribution is -0.123. The number of hydrogen-bond donors (Lipinski definition) is 4. The van der Waals surface area contributed by atoms with Crippen molar-refractivity contribution in [2.45, 2.75) is 38.8 Å². The van der Waals surface area contributed by atoms with Crippen LogP contribution in [0.5, 0.6) is 0 Å². The SMILES string of the molecule is CNC(=O)C(C)n1cc(Nc2nc(NC(C)C3CC3)c3cc[nH]c3n2)c(Cl)n1. The summed E-state index contributed by atoms with van der Waals surface area (Å²) in [5.74, 6) is 1.71. The molecule has 0 aromatic carbocycles. The van der Waals surface area contributed by atoms with E-state index in [1.54, 1.807) is 20.2 Å². The summed E-state index contributed by atoms with van der Waals surface area (Å²) < 4.78 is 1.50. The number of carbonyl (C=O) groups is 1. The lowest BCUT2D eigenvalue weighted by atomic mass is 10.2. The van der Waals surface area contributed by atoms with E-state index in [2.05, 4.69) is 42.9 Å². The van der Waals surface area contributed by atoms with Gasteiger partial charge in [0.2, 0.25) is 11.9 Å². The predicted octanol–water partition coefficient (Wildman–Crippen LogP) is 3.07. The van der Waals surface area contributed by atoms with Gasteiger partial charge in [0.15, 0.2) is 5.15 Å². The van der Waals surface area contributed by atoms with E-state index >= 15 is 0 Å². The molecule has 148 valence electrons. The van der Waals surface area contributed by atoms with Crippen molar-refractivity contribution >= 4 is 46.0 Å². The van der Waals surface area contributed by atoms with Crippen molar-refractivity contribution in [2.75, 3.05) is 17.7 Å². The van der Waals surface area contributed by atoms with E-state index in [4.69, 9.17) is 11.6 Å². The van der Waals surface area contributed by atoms with Crippen molar-refractivity contribution in [3.05, 3.63) is 23.6 Å². The summed E-state index contributed by atoms with van der Waals surface area (Å²) >= 11 is 6.25. The van der Waals surface area contributed by atoms with Gasteiger partial charge in [-0.15, -0.1) is 0 Å². The third-order valence-corrected chi connectivity index (χ3v) is 5.34. The van der Waals surface area contributed by atoms with E-state index in [1.165, 1.54) is 17.5 Å². The van der Waals surface area contributed by atoms with Gasteiger partial charge in [-0.25, -0.2) is 0 Å². The Morgan fingerprint density at radius 2 is 2.14 bits per heavy atom. The van der Waals surface area contributed by atoms with Crippen molar-refractivity contribution in [3.63, 3.8) is 0 Å². The fraction of sp³-hybridized carbons (Fsp3) is 0.444. The summed E-state index contributed by atoms with van der Waals surface area (Å²) in [5, 5.41) is 14.6. The Morgan fingerprint density at radius 1 is 1.36 bits per heavy atom. The Morgan fingerprint density at radius 3 is 2.86 bits per heavy atom. The molecular weight excluding hydrogens is 380 g/mol. The second kappa shape index (κ2) is 7.31. The molecule has 3 aromatic heterocycles. The average Bonchev–Trinajstić information content (AvgIpc) is 3.33. The zero-order valence-electron chi connectivity index (χ0n) is 16.0. The van der Waals surface area contributed by atoms with Gasteiger partial charge >= 0.3 is 0 Å². The Kier molecular flexibility index (Phi) is 4.84. The highest BCUT2D eigenvalue weighted by atomic mass is 35.5. The maximum Gasteiger partial charge on any atom is 0.244 e. The first-order chi connectivity index (χ1) is 13.5. The normalized spacial score (nSPS) is 16.0. The van der Waals surface area contributed by atoms with E-state index in [0.717, 1.165) is 16.9 Å². The van der Waals surface area contributed by atoms with Gasteiger partial charge in [0.25, 0.3) is 0 Å². The molecule has 1 saturated carbocycles. The second-order valence-electron chi connectivity index (χ2n) is 7.14. The topological polar surface area (TPSA) is 113 Å². The largest absolute Gasteiger partial charge is 0.367 e. The van der Waals surface area contributed by atoms with Gasteiger partial charge in [-0.05, 0) is 38.7 Å². The maximum absolute atomic E-state index is 11.8. The molecule has 9 nitrogen and oxygen atoms in total. The van der Waals surface area contributed by atoms with E-state index in [0.29, 0.717) is 23.6 Å². The number of likely N-dealkylation sites (N-methyl/N-ethyl adjacent to an activating group) is 1. The van der Waals surface area contributed by atoms with Gasteiger partial charge in [-0.2, -0.15) is 15.1 Å². The lowest BCUT2D eigenvalue weighted by Crippen LogP contribution is -2.28. The third kappa shape index (κ3) is 3.62. The van der Waals surface area contributed by atoms with Crippen LogP contribution in [0.2, 0.25) is 5.15 Å². The second-order valence-corrected chi connectivity index (χ2v) is 7.49. The van der Waals surface area contributed by atoms with Crippen molar-refractivity contribution < 1.29 is 4.79 Å². The number of H-pyrrole nitrogens is 1. The Bertz CT molecular complexity index is 1010. The average molecular weight is 403 g/mol. The minimum atomic E-state index is -0.485. The molecule has 3 aromatic rings. The number of fused-ring (bicyclic) bond motifs is 1. The number of anilines is 3. The Labute approximate surface area is 167 Å². The number of hydrogen-bond acceptors (Lipinski definition) is 6. The summed E-state index contributed by atoms with van der Waals surface area (Å²) in [6, 6.07) is 1.82. The van der Waals surface area contributed by atoms with Gasteiger partial charge in [0.05, 0.1) is 17.3 Å². The minimum Gasteiger partial charge on any atom is -0.367 e. The number of amides is 1. The molecule has 4 N–H and O–H groups in total. The first-order valence-corrected chi connectivity index (χ1v) is 9.69. The summed E-state index contributed by atoms with van der Waals surface area (Å²) in [6.07, 6.45) is 6.01. The number of rotatable bonds is 7. The van der Waals surface area contributed by atoms with Crippen molar-refractivity contribution in [2.24, 2.45) is 5.92 Å². The fourth-order valence-corrected chi connectivity index (χ4v) is 3.32. The van der Waals surface area contributed by atoms with E-state index < -0.39 is 6.04 Å². The lowest BCUT2D eigenvalue weighted by Gasteiger charge is -2.15. The van der Waals surface area contributed by atoms with Crippen LogP contribution >= 0.6 is 11.6 Å². The molecule has 1 fully saturated rings. The molecule has 1 aliphatic carbocycles. The summed E-state index contributed by atoms with van der Waals surface area (Å²) in [7, 11) is 1.58. The van der Waals surface area contributed by atoms with Crippen molar-refractivity contribution in [3.8, 4) is 0 Å². The highest BCUT2D eigenvalue weighted by Gasteiger charge is 2.28. The fourth-order valence-electron chi connectivity index (χ4n) is 3.14. The van der Waals surface area contributed by atoms with Crippen LogP contribution < -0.4 is 16.0 Å². The standard InChI is InChI=1S/C18H23ClN8O/c1-9(11-4-5-11)22-16-12-6-7-21-15(12)24-18(25-16)23-13-8-27(26-14(13)19)10(2)17(28)20-3/h6-11H,4-5H2,1-3H3,(H,20,28)(H3,21,22,23,24,25). The highest BCUT2D eigenvalue weighted by Crippen LogP contribution is 2.35. The molecular formula is C18H23ClN8O. The third-order valence-electron chi connectivity index (χ3n) is 5.07. The molecule has 1 aliphatic rings. The molecule has 0 spiro atoms. The molecule has 0 radical (unpaired) electrons. The molecule has 0 saturated heterocycles. The molecule has 4 rings (SSSR count). The van der Waals surface area contributed by atoms with Crippen LogP contribution in [0.4, 0.5) is 17.5 Å². The van der Waals surface area contributed by atoms with Crippen molar-refractivity contribution in [1.82, 2.24) is 30.0 Å². The van der Waals surface area contributed by atoms with Crippen LogP contribution in [-0.2, 0) is 4.79 Å². The van der Waals surface area contributed by atoms with Crippen LogP contribution in [0.15, 0.2) is 18.5 Å². The smallest absolute Gasteiger partial charge is 0.244 e. The van der Waals surface area contributed by atoms with E-state index in [-0.39, 0.29) is 11.1 Å². The first kappa shape index (κ1) is 18.5. The maximum atomic E-state index is 11.8. The van der Waals surface area contributed by atoms with E-state index in [9.17, 15) is 4.79 Å². The zero-order chi connectivity index (χ0) is 19.8. The molecule has 2 unspecified atom stereocenters. The Balaban J connectivity index is 1.61. The number of halogens is 1. The molecule has 10 heteroatoms. The van der Waals surface area contributed by atoms with Gasteiger partial charge in [0, 0.05) is 19.3 Å². The molecule has 1 amide bonds. The minimum absolute atomic E-state index is 0.157. The number of nitrogens with one attached hydrogen (secondary N) is 4. The van der Waals surface area contributed by atoms with Gasteiger partial charge in [-0.1, -0.05) is 11.6 Å².